The molecule has 2 fully saturated rings. The number of nitrogens with two attached hydrogens (primary N) is 1. The zero-order chi connectivity index (χ0) is 16.8. The van der Waals surface area contributed by atoms with Crippen molar-refractivity contribution < 1.29 is 9.53 Å². The standard InChI is InChI=1S/C18H18BrN3O2/c1-24-15-7-6-12(18(20)23)17(21-15)16-13-8-22(9-14(13)16)11-4-2-10(19)3-5-11/h2-7,13-14,16H,8-9H2,1H3,(H2,20,23)/t13-,14+,16?. The van der Waals surface area contributed by atoms with Crippen molar-refractivity contribution in [2.24, 2.45) is 17.6 Å². The summed E-state index contributed by atoms with van der Waals surface area (Å²) < 4.78 is 6.30. The zero-order valence-corrected chi connectivity index (χ0v) is 14.9. The molecule has 24 heavy (non-hydrogen) atoms. The first-order valence-corrected chi connectivity index (χ1v) is 8.73. The molecule has 1 amide bonds. The van der Waals surface area contributed by atoms with Crippen molar-refractivity contribution in [2.75, 3.05) is 25.1 Å². The van der Waals surface area contributed by atoms with Gasteiger partial charge in [-0.05, 0) is 42.2 Å². The molecule has 1 aromatic carbocycles. The lowest BCUT2D eigenvalue weighted by molar-refractivity contribution is 0.0998. The summed E-state index contributed by atoms with van der Waals surface area (Å²) in [4.78, 5) is 18.6. The van der Waals surface area contributed by atoms with Gasteiger partial charge in [0, 0.05) is 35.2 Å². The minimum atomic E-state index is -0.421. The quantitative estimate of drug-likeness (QED) is 0.875. The van der Waals surface area contributed by atoms with Crippen molar-refractivity contribution in [3.8, 4) is 5.88 Å². The fourth-order valence-corrected chi connectivity index (χ4v) is 4.09. The summed E-state index contributed by atoms with van der Waals surface area (Å²) in [7, 11) is 1.58. The van der Waals surface area contributed by atoms with Gasteiger partial charge in [-0.15, -0.1) is 0 Å². The maximum Gasteiger partial charge on any atom is 0.250 e. The number of carbonyl (C=O) groups excluding carboxylic acids is 1. The van der Waals surface area contributed by atoms with Gasteiger partial charge in [-0.25, -0.2) is 4.98 Å². The average molecular weight is 388 g/mol. The molecule has 4 rings (SSSR count). The smallest absolute Gasteiger partial charge is 0.250 e. The van der Waals surface area contributed by atoms with Crippen molar-refractivity contribution in [2.45, 2.75) is 5.92 Å². The van der Waals surface area contributed by atoms with Crippen LogP contribution in [0.3, 0.4) is 0 Å². The molecule has 1 saturated heterocycles. The molecular formula is C18H18BrN3O2. The van der Waals surface area contributed by atoms with Crippen LogP contribution in [0.4, 0.5) is 5.69 Å². The number of aromatic nitrogens is 1. The molecule has 2 aliphatic rings. The van der Waals surface area contributed by atoms with Crippen LogP contribution >= 0.6 is 15.9 Å². The predicted molar refractivity (Wildman–Crippen MR) is 95.4 cm³/mol. The predicted octanol–water partition coefficient (Wildman–Crippen LogP) is 2.80. The van der Waals surface area contributed by atoms with Crippen LogP contribution in [0.5, 0.6) is 5.88 Å². The maximum atomic E-state index is 11.7. The monoisotopic (exact) mass is 387 g/mol. The second kappa shape index (κ2) is 5.77. The van der Waals surface area contributed by atoms with E-state index >= 15 is 0 Å². The second-order valence-corrected chi connectivity index (χ2v) is 7.30. The van der Waals surface area contributed by atoms with Gasteiger partial charge in [0.15, 0.2) is 0 Å². The average Bonchev–Trinajstić information content (AvgIpc) is 3.08. The highest BCUT2D eigenvalue weighted by molar-refractivity contribution is 9.10. The Bertz CT molecular complexity index is 781. The number of hydrogen-bond acceptors (Lipinski definition) is 4. The Morgan fingerprint density at radius 2 is 1.88 bits per heavy atom. The molecule has 1 aliphatic heterocycles. The molecule has 1 unspecified atom stereocenters. The maximum absolute atomic E-state index is 11.7. The van der Waals surface area contributed by atoms with E-state index in [0.29, 0.717) is 29.2 Å². The van der Waals surface area contributed by atoms with E-state index in [1.54, 1.807) is 19.2 Å². The number of carbonyl (C=O) groups is 1. The number of piperidine rings is 1. The number of anilines is 1. The molecule has 5 nitrogen and oxygen atoms in total. The lowest BCUT2D eigenvalue weighted by Crippen LogP contribution is -2.24. The highest BCUT2D eigenvalue weighted by Crippen LogP contribution is 2.59. The number of hydrogen-bond donors (Lipinski definition) is 1. The number of ether oxygens (including phenoxy) is 1. The number of nitrogens with zero attached hydrogens (tertiary/aromatic N) is 2. The third-order valence-corrected chi connectivity index (χ3v) is 5.60. The second-order valence-electron chi connectivity index (χ2n) is 6.39. The number of amides is 1. The Labute approximate surface area is 148 Å². The van der Waals surface area contributed by atoms with Crippen molar-refractivity contribution >= 4 is 27.5 Å². The third kappa shape index (κ3) is 2.55. The van der Waals surface area contributed by atoms with Crippen LogP contribution in [0.2, 0.25) is 0 Å². The van der Waals surface area contributed by atoms with E-state index in [0.717, 1.165) is 23.3 Å². The number of pyridine rings is 1. The van der Waals surface area contributed by atoms with E-state index in [1.165, 1.54) is 5.69 Å². The van der Waals surface area contributed by atoms with Crippen LogP contribution in [-0.4, -0.2) is 31.1 Å². The first kappa shape index (κ1) is 15.4. The van der Waals surface area contributed by atoms with Gasteiger partial charge in [0.1, 0.15) is 0 Å². The topological polar surface area (TPSA) is 68.5 Å². The van der Waals surface area contributed by atoms with E-state index in [9.17, 15) is 4.79 Å². The van der Waals surface area contributed by atoms with E-state index in [2.05, 4.69) is 50.1 Å². The van der Waals surface area contributed by atoms with Crippen LogP contribution < -0.4 is 15.4 Å². The molecule has 2 heterocycles. The summed E-state index contributed by atoms with van der Waals surface area (Å²) in [6.45, 7) is 1.96. The van der Waals surface area contributed by atoms with Gasteiger partial charge >= 0.3 is 0 Å². The number of halogens is 1. The number of methoxy groups -OCH3 is 1. The van der Waals surface area contributed by atoms with Crippen LogP contribution in [0.1, 0.15) is 22.0 Å². The molecule has 2 N–H and O–H groups in total. The van der Waals surface area contributed by atoms with E-state index in [-0.39, 0.29) is 0 Å². The SMILES string of the molecule is COc1ccc(C(N)=O)c(C2[C@H]3CN(c4ccc(Br)cc4)C[C@@H]23)n1. The molecule has 0 bridgehead atoms. The summed E-state index contributed by atoms with van der Waals surface area (Å²) in [6.07, 6.45) is 0. The first-order valence-electron chi connectivity index (χ1n) is 7.93. The van der Waals surface area contributed by atoms with Crippen LogP contribution in [0.25, 0.3) is 0 Å². The van der Waals surface area contributed by atoms with E-state index < -0.39 is 5.91 Å². The lowest BCUT2D eigenvalue weighted by atomic mass is 10.1. The highest BCUT2D eigenvalue weighted by atomic mass is 79.9. The number of fused-ring (bicyclic) bond motifs is 1. The van der Waals surface area contributed by atoms with Crippen molar-refractivity contribution in [3.05, 3.63) is 52.1 Å². The van der Waals surface area contributed by atoms with Gasteiger partial charge in [-0.3, -0.25) is 4.79 Å². The summed E-state index contributed by atoms with van der Waals surface area (Å²) >= 11 is 3.47. The Kier molecular flexibility index (Phi) is 3.72. The number of primary amides is 1. The molecule has 6 heteroatoms. The summed E-state index contributed by atoms with van der Waals surface area (Å²) in [5.41, 5.74) is 8.07. The summed E-state index contributed by atoms with van der Waals surface area (Å²) in [5, 5.41) is 0. The Hall–Kier alpha value is -2.08. The fraction of sp³-hybridized carbons (Fsp3) is 0.333. The Morgan fingerprint density at radius 3 is 2.46 bits per heavy atom. The molecule has 1 aliphatic carbocycles. The minimum absolute atomic E-state index is 0.300. The molecule has 0 radical (unpaired) electrons. The molecule has 0 spiro atoms. The van der Waals surface area contributed by atoms with E-state index in [4.69, 9.17) is 10.5 Å². The normalized spacial score (nSPS) is 24.6. The molecule has 1 aromatic heterocycles. The van der Waals surface area contributed by atoms with Crippen LogP contribution in [-0.2, 0) is 0 Å². The van der Waals surface area contributed by atoms with Crippen LogP contribution in [0.15, 0.2) is 40.9 Å². The molecular weight excluding hydrogens is 370 g/mol. The summed E-state index contributed by atoms with van der Waals surface area (Å²) in [6, 6.07) is 11.8. The first-order chi connectivity index (χ1) is 11.6. The lowest BCUT2D eigenvalue weighted by Gasteiger charge is -2.22. The van der Waals surface area contributed by atoms with Gasteiger partial charge < -0.3 is 15.4 Å². The van der Waals surface area contributed by atoms with Gasteiger partial charge in [0.25, 0.3) is 5.91 Å². The number of rotatable bonds is 4. The van der Waals surface area contributed by atoms with Gasteiger partial charge in [-0.2, -0.15) is 0 Å². The molecule has 3 atom stereocenters. The van der Waals surface area contributed by atoms with Gasteiger partial charge in [0.2, 0.25) is 5.88 Å². The Balaban J connectivity index is 1.54. The minimum Gasteiger partial charge on any atom is -0.481 e. The largest absolute Gasteiger partial charge is 0.481 e. The van der Waals surface area contributed by atoms with E-state index in [1.807, 2.05) is 0 Å². The zero-order valence-electron chi connectivity index (χ0n) is 13.3. The fourth-order valence-electron chi connectivity index (χ4n) is 3.83. The van der Waals surface area contributed by atoms with Gasteiger partial charge in [-0.1, -0.05) is 15.9 Å². The van der Waals surface area contributed by atoms with Crippen molar-refractivity contribution in [1.82, 2.24) is 4.98 Å². The van der Waals surface area contributed by atoms with Crippen LogP contribution in [0, 0.1) is 11.8 Å². The number of benzene rings is 1. The highest BCUT2D eigenvalue weighted by Gasteiger charge is 2.58. The molecule has 2 aromatic rings. The van der Waals surface area contributed by atoms with Crippen molar-refractivity contribution in [1.29, 1.82) is 0 Å². The molecule has 1 saturated carbocycles. The summed E-state index contributed by atoms with van der Waals surface area (Å²) in [5.74, 6) is 1.45. The third-order valence-electron chi connectivity index (χ3n) is 5.08. The van der Waals surface area contributed by atoms with Gasteiger partial charge in [0.05, 0.1) is 18.4 Å². The Morgan fingerprint density at radius 1 is 1.21 bits per heavy atom. The van der Waals surface area contributed by atoms with Crippen molar-refractivity contribution in [3.63, 3.8) is 0 Å². The molecule has 124 valence electrons.